The number of hydrogen-bond acceptors (Lipinski definition) is 5. The van der Waals surface area contributed by atoms with E-state index < -0.39 is 9.84 Å². The Morgan fingerprint density at radius 1 is 1.24 bits per heavy atom. The zero-order valence-corrected chi connectivity index (χ0v) is 13.2. The van der Waals surface area contributed by atoms with Crippen molar-refractivity contribution in [2.75, 3.05) is 7.11 Å². The topological polar surface area (TPSA) is 74.1 Å². The maximum Gasteiger partial charge on any atom is 0.213 e. The maximum absolute atomic E-state index is 12.3. The Morgan fingerprint density at radius 3 is 2.62 bits per heavy atom. The first-order valence-electron chi connectivity index (χ1n) is 6.67. The first-order valence-corrected chi connectivity index (χ1v) is 8.49. The molecule has 6 nitrogen and oxygen atoms in total. The van der Waals surface area contributed by atoms with E-state index in [1.54, 1.807) is 36.0 Å². The van der Waals surface area contributed by atoms with Crippen LogP contribution in [0.4, 0.5) is 0 Å². The molecule has 7 heteroatoms. The average Bonchev–Trinajstić information content (AvgIpc) is 2.87. The molecular weight excluding hydrogens is 290 g/mol. The molecule has 0 N–H and O–H groups in total. The Morgan fingerprint density at radius 2 is 2.00 bits per heavy atom. The van der Waals surface area contributed by atoms with Crippen LogP contribution in [-0.4, -0.2) is 30.3 Å². The number of nitrogens with zero attached hydrogens (tertiary/aromatic N) is 3. The van der Waals surface area contributed by atoms with Gasteiger partial charge in [0, 0.05) is 24.5 Å². The molecule has 0 aromatic carbocycles. The number of ether oxygens (including phenoxy) is 1. The third-order valence-corrected chi connectivity index (χ3v) is 4.71. The number of sulfone groups is 1. The highest BCUT2D eigenvalue weighted by molar-refractivity contribution is 7.89. The lowest BCUT2D eigenvalue weighted by atomic mass is 10.2. The number of rotatable bonds is 6. The smallest absolute Gasteiger partial charge is 0.213 e. The first kappa shape index (κ1) is 15.5. The molecular formula is C14H19N3O3S. The highest BCUT2D eigenvalue weighted by atomic mass is 32.2. The Kier molecular flexibility index (Phi) is 4.62. The maximum atomic E-state index is 12.3. The van der Waals surface area contributed by atoms with Crippen molar-refractivity contribution in [3.05, 3.63) is 41.3 Å². The average molecular weight is 309 g/mol. The predicted molar refractivity (Wildman–Crippen MR) is 79.8 cm³/mol. The lowest BCUT2D eigenvalue weighted by molar-refractivity contribution is 0.396. The minimum atomic E-state index is -3.27. The Labute approximate surface area is 124 Å². The molecule has 2 heterocycles. The van der Waals surface area contributed by atoms with Gasteiger partial charge in [-0.1, -0.05) is 6.07 Å². The van der Waals surface area contributed by atoms with E-state index in [4.69, 9.17) is 4.74 Å². The van der Waals surface area contributed by atoms with Crippen LogP contribution in [-0.2, 0) is 27.9 Å². The van der Waals surface area contributed by atoms with Gasteiger partial charge in [-0.05, 0) is 25.5 Å². The van der Waals surface area contributed by atoms with Crippen molar-refractivity contribution in [1.29, 1.82) is 0 Å². The molecule has 2 aromatic rings. The quantitative estimate of drug-likeness (QED) is 0.812. The van der Waals surface area contributed by atoms with Crippen LogP contribution in [0.5, 0.6) is 5.88 Å². The summed E-state index contributed by atoms with van der Waals surface area (Å²) in [4.78, 5) is 4.20. The third kappa shape index (κ3) is 3.81. The van der Waals surface area contributed by atoms with Gasteiger partial charge in [0.05, 0.1) is 24.3 Å². The van der Waals surface area contributed by atoms with Crippen molar-refractivity contribution in [3.8, 4) is 5.88 Å². The number of methoxy groups -OCH3 is 1. The number of aryl methyl sites for hydroxylation is 2. The van der Waals surface area contributed by atoms with Crippen molar-refractivity contribution < 1.29 is 13.2 Å². The molecule has 0 unspecified atom stereocenters. The summed E-state index contributed by atoms with van der Waals surface area (Å²) in [6, 6.07) is 5.16. The molecule has 114 valence electrons. The lowest BCUT2D eigenvalue weighted by Crippen LogP contribution is -2.13. The molecule has 21 heavy (non-hydrogen) atoms. The van der Waals surface area contributed by atoms with E-state index in [0.29, 0.717) is 29.4 Å². The van der Waals surface area contributed by atoms with Gasteiger partial charge in [0.15, 0.2) is 9.84 Å². The molecule has 0 aliphatic carbocycles. The molecule has 0 atom stereocenters. The SMILES string of the molecule is CCn1nccc1CS(=O)(=O)Cc1ccc(OC)nc1C. The predicted octanol–water partition coefficient (Wildman–Crippen LogP) is 1.73. The minimum absolute atomic E-state index is 0.0215. The van der Waals surface area contributed by atoms with Crippen molar-refractivity contribution in [2.45, 2.75) is 31.9 Å². The molecule has 2 aromatic heterocycles. The summed E-state index contributed by atoms with van der Waals surface area (Å²) >= 11 is 0. The van der Waals surface area contributed by atoms with Gasteiger partial charge in [-0.25, -0.2) is 13.4 Å². The van der Waals surface area contributed by atoms with Crippen molar-refractivity contribution in [3.63, 3.8) is 0 Å². The van der Waals surface area contributed by atoms with E-state index >= 15 is 0 Å². The number of pyridine rings is 1. The van der Waals surface area contributed by atoms with E-state index in [1.807, 2.05) is 6.92 Å². The molecule has 0 saturated heterocycles. The standard InChI is InChI=1S/C14H19N3O3S/c1-4-17-13(7-8-15-17)10-21(18,19)9-12-5-6-14(20-3)16-11(12)2/h5-8H,4,9-10H2,1-3H3. The third-order valence-electron chi connectivity index (χ3n) is 3.23. The van der Waals surface area contributed by atoms with Gasteiger partial charge in [0.2, 0.25) is 5.88 Å². The van der Waals surface area contributed by atoms with Crippen LogP contribution in [0.15, 0.2) is 24.4 Å². The van der Waals surface area contributed by atoms with Crippen LogP contribution in [0, 0.1) is 6.92 Å². The monoisotopic (exact) mass is 309 g/mol. The van der Waals surface area contributed by atoms with Crippen LogP contribution in [0.2, 0.25) is 0 Å². The van der Waals surface area contributed by atoms with Crippen LogP contribution in [0.25, 0.3) is 0 Å². The highest BCUT2D eigenvalue weighted by Crippen LogP contribution is 2.17. The molecule has 0 aliphatic heterocycles. The van der Waals surface area contributed by atoms with Crippen LogP contribution in [0.3, 0.4) is 0 Å². The molecule has 0 amide bonds. The van der Waals surface area contributed by atoms with E-state index in [-0.39, 0.29) is 11.5 Å². The van der Waals surface area contributed by atoms with Gasteiger partial charge < -0.3 is 4.74 Å². The Hall–Kier alpha value is -1.89. The molecule has 2 rings (SSSR count). The second-order valence-electron chi connectivity index (χ2n) is 4.77. The first-order chi connectivity index (χ1) is 9.95. The number of hydrogen-bond donors (Lipinski definition) is 0. The lowest BCUT2D eigenvalue weighted by Gasteiger charge is -2.09. The van der Waals surface area contributed by atoms with E-state index in [9.17, 15) is 8.42 Å². The minimum Gasteiger partial charge on any atom is -0.481 e. The molecule has 0 radical (unpaired) electrons. The van der Waals surface area contributed by atoms with Gasteiger partial charge in [-0.2, -0.15) is 5.10 Å². The van der Waals surface area contributed by atoms with E-state index in [0.717, 1.165) is 0 Å². The summed E-state index contributed by atoms with van der Waals surface area (Å²) in [7, 11) is -1.74. The summed E-state index contributed by atoms with van der Waals surface area (Å²) in [6.07, 6.45) is 1.62. The van der Waals surface area contributed by atoms with Gasteiger partial charge in [0.1, 0.15) is 0 Å². The molecule has 0 bridgehead atoms. The molecule has 0 aliphatic rings. The van der Waals surface area contributed by atoms with Crippen molar-refractivity contribution >= 4 is 9.84 Å². The zero-order valence-electron chi connectivity index (χ0n) is 12.4. The normalized spacial score (nSPS) is 11.6. The Bertz CT molecular complexity index is 723. The summed E-state index contributed by atoms with van der Waals surface area (Å²) in [5, 5.41) is 4.09. The van der Waals surface area contributed by atoms with Crippen molar-refractivity contribution in [2.24, 2.45) is 0 Å². The highest BCUT2D eigenvalue weighted by Gasteiger charge is 2.17. The molecule has 0 spiro atoms. The van der Waals surface area contributed by atoms with E-state index in [2.05, 4.69) is 10.1 Å². The van der Waals surface area contributed by atoms with Gasteiger partial charge in [0.25, 0.3) is 0 Å². The second-order valence-corrected chi connectivity index (χ2v) is 6.83. The zero-order chi connectivity index (χ0) is 15.5. The molecule has 0 fully saturated rings. The summed E-state index contributed by atoms with van der Waals surface area (Å²) in [5.41, 5.74) is 2.07. The summed E-state index contributed by atoms with van der Waals surface area (Å²) < 4.78 is 31.4. The van der Waals surface area contributed by atoms with Gasteiger partial charge in [-0.3, -0.25) is 4.68 Å². The second kappa shape index (κ2) is 6.26. The fourth-order valence-electron chi connectivity index (χ4n) is 2.11. The summed E-state index contributed by atoms with van der Waals surface area (Å²) in [5.74, 6) is 0.425. The number of aromatic nitrogens is 3. The fraction of sp³-hybridized carbons (Fsp3) is 0.429. The fourth-order valence-corrected chi connectivity index (χ4v) is 3.69. The largest absolute Gasteiger partial charge is 0.481 e. The Balaban J connectivity index is 2.18. The molecule has 0 saturated carbocycles. The van der Waals surface area contributed by atoms with Crippen molar-refractivity contribution in [1.82, 2.24) is 14.8 Å². The van der Waals surface area contributed by atoms with Gasteiger partial charge >= 0.3 is 0 Å². The van der Waals surface area contributed by atoms with Gasteiger partial charge in [-0.15, -0.1) is 0 Å². The van der Waals surface area contributed by atoms with Crippen LogP contribution in [0.1, 0.15) is 23.9 Å². The van der Waals surface area contributed by atoms with E-state index in [1.165, 1.54) is 7.11 Å². The van der Waals surface area contributed by atoms with Crippen LogP contribution < -0.4 is 4.74 Å². The summed E-state index contributed by atoms with van der Waals surface area (Å²) in [6.45, 7) is 4.37. The van der Waals surface area contributed by atoms with Crippen LogP contribution >= 0.6 is 0 Å².